The molecule has 1 unspecified atom stereocenters. The highest BCUT2D eigenvalue weighted by Gasteiger charge is 2.61. The van der Waals surface area contributed by atoms with Gasteiger partial charge in [-0.05, 0) is 31.4 Å². The van der Waals surface area contributed by atoms with Crippen molar-refractivity contribution in [3.63, 3.8) is 0 Å². The number of carboxylic acids is 1. The SMILES string of the molecule is O=C(O)C(F)(F)F.O=S(=O)(C1CC1)N1CCC(F)(F)C2(CCN(c3ccccn3)C2)C1. The maximum Gasteiger partial charge on any atom is 0.490 e. The summed E-state index contributed by atoms with van der Waals surface area (Å²) in [5.41, 5.74) is -1.31. The summed E-state index contributed by atoms with van der Waals surface area (Å²) < 4.78 is 87.6. The number of anilines is 1. The van der Waals surface area contributed by atoms with Crippen molar-refractivity contribution in [2.24, 2.45) is 5.41 Å². The van der Waals surface area contributed by atoms with E-state index in [1.54, 1.807) is 18.3 Å². The quantitative estimate of drug-likeness (QED) is 0.682. The molecule has 1 atom stereocenters. The first kappa shape index (κ1) is 23.6. The first-order chi connectivity index (χ1) is 14.3. The molecular formula is C18H22F5N3O4S. The lowest BCUT2D eigenvalue weighted by Gasteiger charge is -2.45. The lowest BCUT2D eigenvalue weighted by atomic mass is 9.76. The summed E-state index contributed by atoms with van der Waals surface area (Å²) in [4.78, 5) is 15.0. The second-order valence-electron chi connectivity index (χ2n) is 7.98. The predicted octanol–water partition coefficient (Wildman–Crippen LogP) is 2.74. The smallest absolute Gasteiger partial charge is 0.475 e. The van der Waals surface area contributed by atoms with Crippen molar-refractivity contribution in [3.8, 4) is 0 Å². The van der Waals surface area contributed by atoms with Crippen molar-refractivity contribution in [3.05, 3.63) is 24.4 Å². The largest absolute Gasteiger partial charge is 0.490 e. The Morgan fingerprint density at radius 2 is 1.77 bits per heavy atom. The van der Waals surface area contributed by atoms with Gasteiger partial charge in [-0.1, -0.05) is 6.07 Å². The number of hydrogen-bond acceptors (Lipinski definition) is 5. The molecule has 0 aromatic carbocycles. The van der Waals surface area contributed by atoms with Crippen LogP contribution in [0.3, 0.4) is 0 Å². The Kier molecular flexibility index (Phi) is 6.22. The van der Waals surface area contributed by atoms with Crippen LogP contribution in [0, 0.1) is 5.41 Å². The first-order valence-corrected chi connectivity index (χ1v) is 11.1. The molecule has 1 aliphatic carbocycles. The van der Waals surface area contributed by atoms with Crippen molar-refractivity contribution in [1.29, 1.82) is 0 Å². The highest BCUT2D eigenvalue weighted by molar-refractivity contribution is 7.90. The van der Waals surface area contributed by atoms with Crippen molar-refractivity contribution < 1.29 is 40.3 Å². The third-order valence-electron chi connectivity index (χ3n) is 5.81. The van der Waals surface area contributed by atoms with E-state index in [2.05, 4.69) is 4.98 Å². The van der Waals surface area contributed by atoms with Crippen molar-refractivity contribution in [2.75, 3.05) is 31.1 Å². The van der Waals surface area contributed by atoms with E-state index >= 15 is 0 Å². The Balaban J connectivity index is 0.000000339. The Morgan fingerprint density at radius 3 is 2.29 bits per heavy atom. The number of halogens is 5. The zero-order valence-corrected chi connectivity index (χ0v) is 17.2. The van der Waals surface area contributed by atoms with Crippen molar-refractivity contribution in [2.45, 2.75) is 43.0 Å². The monoisotopic (exact) mass is 471 g/mol. The second kappa shape index (κ2) is 8.15. The van der Waals surface area contributed by atoms with Gasteiger partial charge in [-0.3, -0.25) is 0 Å². The number of carboxylic acid groups (broad SMARTS) is 1. The minimum absolute atomic E-state index is 0.0723. The molecule has 2 saturated heterocycles. The van der Waals surface area contributed by atoms with E-state index in [1.807, 2.05) is 11.0 Å². The van der Waals surface area contributed by atoms with Gasteiger partial charge in [0.15, 0.2) is 0 Å². The molecule has 1 aromatic rings. The summed E-state index contributed by atoms with van der Waals surface area (Å²) in [6, 6.07) is 5.42. The summed E-state index contributed by atoms with van der Waals surface area (Å²) in [6.45, 7) is 0.469. The molecule has 1 saturated carbocycles. The molecule has 1 spiro atoms. The molecule has 3 fully saturated rings. The van der Waals surface area contributed by atoms with E-state index in [0.29, 0.717) is 25.2 Å². The van der Waals surface area contributed by atoms with Crippen LogP contribution in [0.2, 0.25) is 0 Å². The average Bonchev–Trinajstić information content (AvgIpc) is 3.46. The number of sulfonamides is 1. The van der Waals surface area contributed by atoms with Crippen LogP contribution in [0.4, 0.5) is 27.8 Å². The van der Waals surface area contributed by atoms with Crippen LogP contribution in [-0.2, 0) is 14.8 Å². The van der Waals surface area contributed by atoms with E-state index in [1.165, 1.54) is 4.31 Å². The van der Waals surface area contributed by atoms with Crippen LogP contribution >= 0.6 is 0 Å². The molecule has 0 bridgehead atoms. The van der Waals surface area contributed by atoms with Crippen LogP contribution in [0.1, 0.15) is 25.7 Å². The molecule has 2 aliphatic heterocycles. The molecular weight excluding hydrogens is 449 g/mol. The van der Waals surface area contributed by atoms with Crippen LogP contribution in [0.5, 0.6) is 0 Å². The zero-order valence-electron chi connectivity index (χ0n) is 16.4. The molecule has 13 heteroatoms. The fourth-order valence-electron chi connectivity index (χ4n) is 3.89. The van der Waals surface area contributed by atoms with Gasteiger partial charge in [0.25, 0.3) is 5.92 Å². The Morgan fingerprint density at radius 1 is 1.13 bits per heavy atom. The Labute approximate surface area is 175 Å². The van der Waals surface area contributed by atoms with Crippen molar-refractivity contribution in [1.82, 2.24) is 9.29 Å². The summed E-state index contributed by atoms with van der Waals surface area (Å²) >= 11 is 0. The number of hydrogen-bond donors (Lipinski definition) is 1. The summed E-state index contributed by atoms with van der Waals surface area (Å²) in [7, 11) is -3.42. The number of nitrogens with zero attached hydrogens (tertiary/aromatic N) is 3. The molecule has 0 amide bonds. The van der Waals surface area contributed by atoms with Gasteiger partial charge < -0.3 is 10.0 Å². The fraction of sp³-hybridized carbons (Fsp3) is 0.667. The second-order valence-corrected chi connectivity index (χ2v) is 10.2. The number of carbonyl (C=O) groups is 1. The van der Waals surface area contributed by atoms with Gasteiger partial charge >= 0.3 is 12.1 Å². The van der Waals surface area contributed by atoms with Crippen LogP contribution in [0.25, 0.3) is 0 Å². The predicted molar refractivity (Wildman–Crippen MR) is 100 cm³/mol. The van der Waals surface area contributed by atoms with Crippen LogP contribution < -0.4 is 4.90 Å². The summed E-state index contributed by atoms with van der Waals surface area (Å²) in [6.07, 6.45) is -2.24. The van der Waals surface area contributed by atoms with Gasteiger partial charge in [0.2, 0.25) is 10.0 Å². The topological polar surface area (TPSA) is 90.8 Å². The number of rotatable bonds is 3. The molecule has 1 aromatic heterocycles. The molecule has 3 aliphatic rings. The van der Waals surface area contributed by atoms with Crippen LogP contribution in [0.15, 0.2) is 24.4 Å². The average molecular weight is 471 g/mol. The maximum atomic E-state index is 14.8. The number of alkyl halides is 5. The molecule has 1 N–H and O–H groups in total. The normalized spacial score (nSPS) is 26.4. The van der Waals surface area contributed by atoms with Crippen molar-refractivity contribution >= 4 is 21.8 Å². The Bertz CT molecular complexity index is 909. The highest BCUT2D eigenvalue weighted by Crippen LogP contribution is 2.51. The number of aliphatic carboxylic acids is 1. The molecule has 3 heterocycles. The summed E-state index contributed by atoms with van der Waals surface area (Å²) in [5.74, 6) is -4.94. The van der Waals surface area contributed by atoms with Gasteiger partial charge in [0.05, 0.1) is 10.7 Å². The molecule has 0 radical (unpaired) electrons. The minimum Gasteiger partial charge on any atom is -0.475 e. The standard InChI is InChI=1S/C16H21F2N3O2S.C2HF3O2/c17-16(18)7-10-21(24(22,23)13-4-5-13)12-15(16)6-9-20(11-15)14-3-1-2-8-19-14;3-2(4,5)1(6)7/h1-3,8,13H,4-7,9-12H2;(H,6,7). The van der Waals surface area contributed by atoms with Gasteiger partial charge in [-0.25, -0.2) is 31.3 Å². The van der Waals surface area contributed by atoms with E-state index in [-0.39, 0.29) is 31.3 Å². The minimum atomic E-state index is -5.08. The van der Waals surface area contributed by atoms with Gasteiger partial charge in [-0.2, -0.15) is 13.2 Å². The van der Waals surface area contributed by atoms with E-state index in [9.17, 15) is 30.4 Å². The summed E-state index contributed by atoms with van der Waals surface area (Å²) in [5, 5.41) is 6.77. The first-order valence-electron chi connectivity index (χ1n) is 9.61. The molecule has 31 heavy (non-hydrogen) atoms. The van der Waals surface area contributed by atoms with Gasteiger partial charge in [0.1, 0.15) is 5.82 Å². The lowest BCUT2D eigenvalue weighted by Crippen LogP contribution is -2.58. The van der Waals surface area contributed by atoms with Gasteiger partial charge in [0, 0.05) is 38.8 Å². The fourth-order valence-corrected chi connectivity index (χ4v) is 5.82. The number of piperidine rings is 1. The van der Waals surface area contributed by atoms with Gasteiger partial charge in [-0.15, -0.1) is 0 Å². The molecule has 174 valence electrons. The maximum absolute atomic E-state index is 14.8. The third-order valence-corrected chi connectivity index (χ3v) is 8.15. The highest BCUT2D eigenvalue weighted by atomic mass is 32.2. The van der Waals surface area contributed by atoms with Crippen LogP contribution in [-0.4, -0.2) is 72.3 Å². The molecule has 4 rings (SSSR count). The zero-order chi connectivity index (χ0) is 23.1. The number of aromatic nitrogens is 1. The Hall–Kier alpha value is -2.02. The van der Waals surface area contributed by atoms with E-state index < -0.39 is 39.9 Å². The molecule has 7 nitrogen and oxygen atoms in total. The number of pyridine rings is 1. The van der Waals surface area contributed by atoms with E-state index in [4.69, 9.17) is 9.90 Å². The third kappa shape index (κ3) is 4.92. The van der Waals surface area contributed by atoms with E-state index in [0.717, 1.165) is 0 Å². The lowest BCUT2D eigenvalue weighted by molar-refractivity contribution is -0.192.